The lowest BCUT2D eigenvalue weighted by Crippen LogP contribution is -2.33. The normalized spacial score (nSPS) is 15.1. The van der Waals surface area contributed by atoms with E-state index in [9.17, 15) is 0 Å². The Labute approximate surface area is 180 Å². The van der Waals surface area contributed by atoms with E-state index in [0.29, 0.717) is 0 Å². The number of hydrogen-bond donors (Lipinski definition) is 1. The molecule has 1 heterocycles. The molecule has 0 aliphatic rings. The minimum absolute atomic E-state index is 0.0281. The molecule has 3 atom stereocenters. The molecule has 0 spiro atoms. The van der Waals surface area contributed by atoms with Crippen molar-refractivity contribution in [3.05, 3.63) is 48.2 Å². The summed E-state index contributed by atoms with van der Waals surface area (Å²) in [6, 6.07) is 10.7. The van der Waals surface area contributed by atoms with Gasteiger partial charge in [-0.15, -0.1) is 0 Å². The van der Waals surface area contributed by atoms with Crippen molar-refractivity contribution in [2.24, 2.45) is 15.4 Å². The van der Waals surface area contributed by atoms with Crippen LogP contribution in [0.25, 0.3) is 10.9 Å². The van der Waals surface area contributed by atoms with Gasteiger partial charge in [-0.05, 0) is 58.4 Å². The lowest BCUT2D eigenvalue weighted by Gasteiger charge is -2.25. The zero-order valence-electron chi connectivity index (χ0n) is 19.1. The molecule has 0 radical (unpaired) electrons. The molecule has 2 aromatic rings. The summed E-state index contributed by atoms with van der Waals surface area (Å²) in [6.45, 7) is 12.7. The molecule has 7 heteroatoms. The van der Waals surface area contributed by atoms with Crippen LogP contribution in [0.5, 0.6) is 0 Å². The predicted octanol–water partition coefficient (Wildman–Crippen LogP) is 5.00. The molecule has 0 saturated heterocycles. The number of nitrogens with zero attached hydrogens (tertiary/aromatic N) is 6. The molecule has 1 aromatic carbocycles. The largest absolute Gasteiger partial charge is 0.378 e. The third-order valence-corrected chi connectivity index (χ3v) is 5.59. The fraction of sp³-hybridized carbons (Fsp3) is 0.478. The molecule has 0 saturated carbocycles. The van der Waals surface area contributed by atoms with Crippen LogP contribution in [0.4, 0.5) is 5.69 Å². The first kappa shape index (κ1) is 23.3. The Balaban J connectivity index is 1.99. The first-order valence-electron chi connectivity index (χ1n) is 10.4. The van der Waals surface area contributed by atoms with E-state index in [1.54, 1.807) is 5.01 Å². The summed E-state index contributed by atoms with van der Waals surface area (Å²) in [6.07, 6.45) is 4.89. The van der Waals surface area contributed by atoms with Crippen LogP contribution in [0.3, 0.4) is 0 Å². The number of hydrazone groups is 1. The van der Waals surface area contributed by atoms with Gasteiger partial charge in [-0.3, -0.25) is 15.0 Å². The Morgan fingerprint density at radius 2 is 2.03 bits per heavy atom. The Kier molecular flexibility index (Phi) is 8.77. The van der Waals surface area contributed by atoms with Crippen LogP contribution in [0.2, 0.25) is 0 Å². The maximum Gasteiger partial charge on any atom is 0.0918 e. The first-order chi connectivity index (χ1) is 14.3. The molecule has 1 aromatic heterocycles. The number of likely N-dealkylation sites (N-methyl/N-ethyl adjacent to an activating group) is 1. The van der Waals surface area contributed by atoms with E-state index in [2.05, 4.69) is 83.6 Å². The number of anilines is 1. The van der Waals surface area contributed by atoms with Crippen LogP contribution in [0.15, 0.2) is 63.6 Å². The van der Waals surface area contributed by atoms with E-state index in [-0.39, 0.29) is 18.1 Å². The Morgan fingerprint density at radius 1 is 1.27 bits per heavy atom. The predicted molar refractivity (Wildman–Crippen MR) is 127 cm³/mol. The van der Waals surface area contributed by atoms with Crippen LogP contribution < -0.4 is 5.32 Å². The number of aromatic nitrogens is 1. The summed E-state index contributed by atoms with van der Waals surface area (Å²) in [4.78, 5) is 4.39. The Morgan fingerprint density at radius 3 is 2.73 bits per heavy atom. The van der Waals surface area contributed by atoms with Crippen LogP contribution in [0.1, 0.15) is 34.1 Å². The molecule has 0 amide bonds. The lowest BCUT2D eigenvalue weighted by atomic mass is 10.0. The highest BCUT2D eigenvalue weighted by molar-refractivity contribution is 5.82. The van der Waals surface area contributed by atoms with Gasteiger partial charge in [-0.25, -0.2) is 0 Å². The topological polar surface area (TPSA) is 68.5 Å². The van der Waals surface area contributed by atoms with E-state index in [1.807, 2.05) is 38.3 Å². The number of benzene rings is 1. The average Bonchev–Trinajstić information content (AvgIpc) is 2.78. The number of pyridine rings is 1. The second kappa shape index (κ2) is 11.3. The minimum Gasteiger partial charge on any atom is -0.378 e. The molecule has 1 N–H and O–H groups in total. The van der Waals surface area contributed by atoms with Crippen LogP contribution in [-0.4, -0.2) is 60.5 Å². The summed E-state index contributed by atoms with van der Waals surface area (Å²) in [5, 5.41) is 21.2. The summed E-state index contributed by atoms with van der Waals surface area (Å²) in [5.41, 5.74) is 3.39. The zero-order chi connectivity index (χ0) is 22.1. The van der Waals surface area contributed by atoms with Gasteiger partial charge < -0.3 is 5.32 Å². The number of nitrogens with one attached hydrogen (secondary N) is 1. The highest BCUT2D eigenvalue weighted by Gasteiger charge is 2.15. The van der Waals surface area contributed by atoms with E-state index in [1.165, 1.54) is 5.57 Å². The molecule has 2 rings (SSSR count). The van der Waals surface area contributed by atoms with Crippen LogP contribution in [0, 0.1) is 0 Å². The van der Waals surface area contributed by atoms with Gasteiger partial charge in [-0.1, -0.05) is 22.9 Å². The number of rotatable bonds is 11. The molecule has 0 aliphatic heterocycles. The van der Waals surface area contributed by atoms with E-state index in [0.717, 1.165) is 29.6 Å². The number of hydrogen-bond acceptors (Lipinski definition) is 6. The van der Waals surface area contributed by atoms with Gasteiger partial charge in [0.1, 0.15) is 0 Å². The van der Waals surface area contributed by atoms with Gasteiger partial charge in [0.05, 0.1) is 17.6 Å². The highest BCUT2D eigenvalue weighted by Crippen LogP contribution is 2.20. The van der Waals surface area contributed by atoms with Crippen molar-refractivity contribution in [1.82, 2.24) is 15.0 Å². The molecule has 7 nitrogen and oxygen atoms in total. The van der Waals surface area contributed by atoms with Gasteiger partial charge in [0.15, 0.2) is 0 Å². The Bertz CT molecular complexity index is 877. The van der Waals surface area contributed by atoms with Crippen LogP contribution in [-0.2, 0) is 0 Å². The first-order valence-corrected chi connectivity index (χ1v) is 10.4. The quantitative estimate of drug-likeness (QED) is 0.246. The van der Waals surface area contributed by atoms with Crippen molar-refractivity contribution >= 4 is 23.3 Å². The van der Waals surface area contributed by atoms with Gasteiger partial charge in [0.25, 0.3) is 0 Å². The van der Waals surface area contributed by atoms with Crippen molar-refractivity contribution < 1.29 is 0 Å². The van der Waals surface area contributed by atoms with Crippen molar-refractivity contribution in [2.75, 3.05) is 26.0 Å². The summed E-state index contributed by atoms with van der Waals surface area (Å²) >= 11 is 0. The summed E-state index contributed by atoms with van der Waals surface area (Å²) < 4.78 is 0. The standard InChI is InChI=1S/C23H35N7/c1-8-17(2)22(26-21-11-12-23-20(16-21)10-9-14-25-23)13-15-29(6)28-27-18(3)19(4)30(7)24-5/h8-12,14,16,18-19,22,26H,5,13,15H2,1-4,6-7H3/b17-8+,28-27?/t18-,19?,22?/m0/s1. The minimum atomic E-state index is 0.0281. The van der Waals surface area contributed by atoms with Crippen molar-refractivity contribution in [2.45, 2.75) is 52.2 Å². The van der Waals surface area contributed by atoms with Crippen LogP contribution >= 0.6 is 0 Å². The maximum absolute atomic E-state index is 4.43. The summed E-state index contributed by atoms with van der Waals surface area (Å²) in [5.74, 6) is 0. The third-order valence-electron chi connectivity index (χ3n) is 5.59. The maximum atomic E-state index is 4.43. The third kappa shape index (κ3) is 6.54. The van der Waals surface area contributed by atoms with E-state index in [4.69, 9.17) is 0 Å². The number of fused-ring (bicyclic) bond motifs is 1. The highest BCUT2D eigenvalue weighted by atomic mass is 15.5. The molecule has 2 unspecified atom stereocenters. The second-order valence-electron chi connectivity index (χ2n) is 7.71. The smallest absolute Gasteiger partial charge is 0.0918 e. The fourth-order valence-corrected chi connectivity index (χ4v) is 3.05. The van der Waals surface area contributed by atoms with E-state index >= 15 is 0 Å². The molecular formula is C23H35N7. The van der Waals surface area contributed by atoms with Gasteiger partial charge in [0, 0.05) is 50.7 Å². The van der Waals surface area contributed by atoms with Gasteiger partial charge >= 0.3 is 0 Å². The Hall–Kier alpha value is -2.96. The molecule has 0 aliphatic carbocycles. The second-order valence-corrected chi connectivity index (χ2v) is 7.71. The molecule has 0 fully saturated rings. The van der Waals surface area contributed by atoms with Gasteiger partial charge in [0.2, 0.25) is 0 Å². The SMILES string of the molecule is C=NN(C)C(C)[C@H](C)N=NN(C)CCC(Nc1ccc2ncccc2c1)/C(C)=C/C. The fourth-order valence-electron chi connectivity index (χ4n) is 3.05. The van der Waals surface area contributed by atoms with E-state index < -0.39 is 0 Å². The molecule has 0 bridgehead atoms. The number of allylic oxidation sites excluding steroid dienone is 1. The lowest BCUT2D eigenvalue weighted by molar-refractivity contribution is 0.230. The molecule has 30 heavy (non-hydrogen) atoms. The monoisotopic (exact) mass is 409 g/mol. The van der Waals surface area contributed by atoms with Crippen molar-refractivity contribution in [1.29, 1.82) is 0 Å². The van der Waals surface area contributed by atoms with Crippen molar-refractivity contribution in [3.8, 4) is 0 Å². The average molecular weight is 410 g/mol. The molecule has 162 valence electrons. The summed E-state index contributed by atoms with van der Waals surface area (Å²) in [7, 11) is 3.85. The zero-order valence-corrected chi connectivity index (χ0v) is 19.1. The van der Waals surface area contributed by atoms with Crippen molar-refractivity contribution in [3.63, 3.8) is 0 Å². The van der Waals surface area contributed by atoms with Gasteiger partial charge in [-0.2, -0.15) is 10.2 Å². The molecular weight excluding hydrogens is 374 g/mol.